The first-order valence-corrected chi connectivity index (χ1v) is 7.37. The summed E-state index contributed by atoms with van der Waals surface area (Å²) in [6.07, 6.45) is 5.73. The Kier molecular flexibility index (Phi) is 3.65. The summed E-state index contributed by atoms with van der Waals surface area (Å²) in [4.78, 5) is 0. The van der Waals surface area contributed by atoms with E-state index in [9.17, 15) is 5.11 Å². The van der Waals surface area contributed by atoms with E-state index >= 15 is 0 Å². The Balaban J connectivity index is 2.46. The van der Waals surface area contributed by atoms with Crippen LogP contribution in [-0.2, 0) is 11.0 Å². The summed E-state index contributed by atoms with van der Waals surface area (Å²) >= 11 is 0. The average molecular weight is 261 g/mol. The maximum atomic E-state index is 10.3. The predicted molar refractivity (Wildman–Crippen MR) is 80.5 cm³/mol. The lowest BCUT2D eigenvalue weighted by molar-refractivity contribution is 0.299. The van der Waals surface area contributed by atoms with Crippen LogP contribution in [0, 0.1) is 6.92 Å². The number of phenolic OH excluding ortho intramolecular Hbond substituents is 1. The third kappa shape index (κ3) is 2.79. The van der Waals surface area contributed by atoms with Gasteiger partial charge in [-0.2, -0.15) is 0 Å². The summed E-state index contributed by atoms with van der Waals surface area (Å²) in [5, 5.41) is 10.3. The van der Waals surface area contributed by atoms with Crippen LogP contribution in [0.3, 0.4) is 0 Å². The van der Waals surface area contributed by atoms with Gasteiger partial charge in [0.05, 0.1) is 0 Å². The minimum Gasteiger partial charge on any atom is -0.508 e. The quantitative estimate of drug-likeness (QED) is 0.799. The lowest BCUT2D eigenvalue weighted by Gasteiger charge is -2.36. The average Bonchev–Trinajstić information content (AvgIpc) is 2.31. The van der Waals surface area contributed by atoms with Crippen LogP contribution in [0.1, 0.15) is 69.6 Å². The number of nitrogens with two attached hydrogens (primary N) is 1. The molecule has 106 valence electrons. The molecule has 0 amide bonds. The molecule has 0 aliphatic heterocycles. The molecule has 1 fully saturated rings. The van der Waals surface area contributed by atoms with Gasteiger partial charge >= 0.3 is 0 Å². The molecule has 1 aromatic carbocycles. The molecule has 0 heterocycles. The van der Waals surface area contributed by atoms with E-state index in [0.29, 0.717) is 5.75 Å². The Hall–Kier alpha value is -1.02. The number of rotatable bonds is 1. The monoisotopic (exact) mass is 261 g/mol. The van der Waals surface area contributed by atoms with E-state index in [0.717, 1.165) is 24.0 Å². The van der Waals surface area contributed by atoms with Gasteiger partial charge in [-0.05, 0) is 47.9 Å². The summed E-state index contributed by atoms with van der Waals surface area (Å²) in [7, 11) is 0. The van der Waals surface area contributed by atoms with E-state index in [4.69, 9.17) is 5.73 Å². The van der Waals surface area contributed by atoms with Crippen LogP contribution in [0.5, 0.6) is 5.75 Å². The number of hydrogen-bond acceptors (Lipinski definition) is 2. The van der Waals surface area contributed by atoms with E-state index in [-0.39, 0.29) is 11.0 Å². The minimum absolute atomic E-state index is 0.0400. The molecule has 0 bridgehead atoms. The van der Waals surface area contributed by atoms with Crippen LogP contribution in [0.2, 0.25) is 0 Å². The van der Waals surface area contributed by atoms with Crippen molar-refractivity contribution >= 4 is 0 Å². The third-order valence-corrected chi connectivity index (χ3v) is 4.43. The van der Waals surface area contributed by atoms with Gasteiger partial charge < -0.3 is 10.8 Å². The molecule has 1 saturated carbocycles. The first kappa shape index (κ1) is 14.4. The molecular weight excluding hydrogens is 234 g/mol. The Morgan fingerprint density at radius 1 is 1.11 bits per heavy atom. The second kappa shape index (κ2) is 4.82. The highest BCUT2D eigenvalue weighted by atomic mass is 16.3. The van der Waals surface area contributed by atoms with Gasteiger partial charge in [0, 0.05) is 5.54 Å². The fraction of sp³-hybridized carbons (Fsp3) is 0.647. The fourth-order valence-corrected chi connectivity index (χ4v) is 3.29. The van der Waals surface area contributed by atoms with Crippen LogP contribution in [-0.4, -0.2) is 5.11 Å². The largest absolute Gasteiger partial charge is 0.508 e. The molecule has 3 N–H and O–H groups in total. The zero-order valence-corrected chi connectivity index (χ0v) is 12.7. The van der Waals surface area contributed by atoms with Crippen LogP contribution >= 0.6 is 0 Å². The predicted octanol–water partition coefficient (Wildman–Crippen LogP) is 4.12. The number of phenols is 1. The molecule has 2 nitrogen and oxygen atoms in total. The Labute approximate surface area is 117 Å². The Bertz CT molecular complexity index is 465. The van der Waals surface area contributed by atoms with E-state index in [2.05, 4.69) is 33.8 Å². The van der Waals surface area contributed by atoms with Gasteiger partial charge in [-0.1, -0.05) is 46.1 Å². The molecule has 0 aromatic heterocycles. The molecular formula is C17H27NO. The van der Waals surface area contributed by atoms with Crippen LogP contribution in [0.4, 0.5) is 0 Å². The normalized spacial score (nSPS) is 19.4. The van der Waals surface area contributed by atoms with E-state index < -0.39 is 0 Å². The summed E-state index contributed by atoms with van der Waals surface area (Å²) in [5.74, 6) is 0.392. The Morgan fingerprint density at radius 3 is 2.21 bits per heavy atom. The molecule has 0 radical (unpaired) electrons. The molecule has 1 aliphatic rings. The Morgan fingerprint density at radius 2 is 1.68 bits per heavy atom. The molecule has 19 heavy (non-hydrogen) atoms. The van der Waals surface area contributed by atoms with Gasteiger partial charge in [0.25, 0.3) is 0 Å². The van der Waals surface area contributed by atoms with Crippen molar-refractivity contribution in [2.45, 2.75) is 70.8 Å². The van der Waals surface area contributed by atoms with E-state index in [1.165, 1.54) is 24.8 Å². The van der Waals surface area contributed by atoms with Crippen molar-refractivity contribution < 1.29 is 5.11 Å². The third-order valence-electron chi connectivity index (χ3n) is 4.43. The van der Waals surface area contributed by atoms with E-state index in [1.807, 2.05) is 6.07 Å². The first-order chi connectivity index (χ1) is 8.74. The minimum atomic E-state index is -0.240. The fourth-order valence-electron chi connectivity index (χ4n) is 3.29. The number of hydrogen-bond donors (Lipinski definition) is 2. The lowest BCUT2D eigenvalue weighted by atomic mass is 9.74. The van der Waals surface area contributed by atoms with E-state index in [1.54, 1.807) is 0 Å². The highest BCUT2D eigenvalue weighted by molar-refractivity contribution is 5.47. The zero-order chi connectivity index (χ0) is 14.3. The summed E-state index contributed by atoms with van der Waals surface area (Å²) in [6, 6.07) is 4.04. The molecule has 0 saturated heterocycles. The van der Waals surface area contributed by atoms with Gasteiger partial charge in [-0.15, -0.1) is 0 Å². The van der Waals surface area contributed by atoms with Gasteiger partial charge in [0.2, 0.25) is 0 Å². The SMILES string of the molecule is Cc1cc(C(C)(C)C)c(O)cc1C1(N)CCCCC1. The molecule has 1 aliphatic carbocycles. The highest BCUT2D eigenvalue weighted by Crippen LogP contribution is 2.40. The second-order valence-corrected chi connectivity index (χ2v) is 7.15. The van der Waals surface area contributed by atoms with Crippen molar-refractivity contribution in [3.05, 3.63) is 28.8 Å². The van der Waals surface area contributed by atoms with Crippen molar-refractivity contribution in [3.8, 4) is 5.75 Å². The van der Waals surface area contributed by atoms with Gasteiger partial charge in [0.15, 0.2) is 0 Å². The number of benzene rings is 1. The van der Waals surface area contributed by atoms with Crippen molar-refractivity contribution in [2.75, 3.05) is 0 Å². The molecule has 0 unspecified atom stereocenters. The van der Waals surface area contributed by atoms with Gasteiger partial charge in [-0.3, -0.25) is 0 Å². The molecule has 2 heteroatoms. The highest BCUT2D eigenvalue weighted by Gasteiger charge is 2.32. The summed E-state index contributed by atoms with van der Waals surface area (Å²) < 4.78 is 0. The standard InChI is InChI=1S/C17H27NO/c1-12-10-14(16(2,3)4)15(19)11-13(12)17(18)8-6-5-7-9-17/h10-11,19H,5-9,18H2,1-4H3. The number of aryl methyl sites for hydroxylation is 1. The van der Waals surface area contributed by atoms with Gasteiger partial charge in [-0.25, -0.2) is 0 Å². The zero-order valence-electron chi connectivity index (χ0n) is 12.7. The topological polar surface area (TPSA) is 46.2 Å². The maximum absolute atomic E-state index is 10.3. The summed E-state index contributed by atoms with van der Waals surface area (Å²) in [6.45, 7) is 8.49. The van der Waals surface area contributed by atoms with Crippen molar-refractivity contribution in [3.63, 3.8) is 0 Å². The molecule has 1 aromatic rings. The van der Waals surface area contributed by atoms with Crippen LogP contribution < -0.4 is 5.73 Å². The van der Waals surface area contributed by atoms with Crippen molar-refractivity contribution in [1.82, 2.24) is 0 Å². The molecule has 2 rings (SSSR count). The van der Waals surface area contributed by atoms with Crippen LogP contribution in [0.15, 0.2) is 12.1 Å². The second-order valence-electron chi connectivity index (χ2n) is 7.15. The van der Waals surface area contributed by atoms with Crippen molar-refractivity contribution in [1.29, 1.82) is 0 Å². The lowest BCUT2D eigenvalue weighted by Crippen LogP contribution is -2.39. The number of aromatic hydroxyl groups is 1. The molecule has 0 spiro atoms. The smallest absolute Gasteiger partial charge is 0.119 e. The van der Waals surface area contributed by atoms with Gasteiger partial charge in [0.1, 0.15) is 5.75 Å². The first-order valence-electron chi connectivity index (χ1n) is 7.37. The maximum Gasteiger partial charge on any atom is 0.119 e. The van der Waals surface area contributed by atoms with Crippen molar-refractivity contribution in [2.24, 2.45) is 5.73 Å². The summed E-state index contributed by atoms with van der Waals surface area (Å²) in [5.41, 5.74) is 9.68. The molecule has 0 atom stereocenters. The van der Waals surface area contributed by atoms with Crippen LogP contribution in [0.25, 0.3) is 0 Å².